The molecule has 0 spiro atoms. The first-order chi connectivity index (χ1) is 5.65. The summed E-state index contributed by atoms with van der Waals surface area (Å²) in [7, 11) is 0. The van der Waals surface area contributed by atoms with Crippen LogP contribution in [0.2, 0.25) is 0 Å². The molecule has 1 rings (SSSR count). The monoisotopic (exact) mass is 241 g/mol. The molecule has 60 valence electrons. The van der Waals surface area contributed by atoms with E-state index in [4.69, 9.17) is 5.26 Å². The van der Waals surface area contributed by atoms with Crippen LogP contribution in [-0.2, 0) is 19.5 Å². The summed E-state index contributed by atoms with van der Waals surface area (Å²) in [5.41, 5.74) is 0.982. The van der Waals surface area contributed by atoms with Gasteiger partial charge in [-0.15, -0.1) is 12.6 Å². The van der Waals surface area contributed by atoms with Crippen molar-refractivity contribution in [3.05, 3.63) is 29.3 Å². The number of Topliss-reactive ketones (excluding diaryl/α,β-unsaturated/α-hetero) is 1. The first-order valence-electron chi connectivity index (χ1n) is 3.39. The fourth-order valence-electron chi connectivity index (χ4n) is 0.845. The number of benzene rings is 1. The summed E-state index contributed by atoms with van der Waals surface area (Å²) in [4.78, 5) is 11.5. The predicted octanol–water partition coefficient (Wildman–Crippen LogP) is 2.05. The number of hydrogen-bond acceptors (Lipinski definition) is 3. The molecule has 0 saturated heterocycles. The van der Waals surface area contributed by atoms with Gasteiger partial charge in [0.1, 0.15) is 6.07 Å². The maximum Gasteiger partial charge on any atom is 2.00 e. The molecule has 0 fully saturated rings. The van der Waals surface area contributed by atoms with Gasteiger partial charge in [-0.3, -0.25) is 4.79 Å². The molecule has 1 aromatic rings. The quantitative estimate of drug-likeness (QED) is 0.465. The molecule has 0 amide bonds. The van der Waals surface area contributed by atoms with Gasteiger partial charge in [0.2, 0.25) is 0 Å². The first-order valence-corrected chi connectivity index (χ1v) is 3.84. The van der Waals surface area contributed by atoms with Gasteiger partial charge in [-0.1, -0.05) is 6.07 Å². The largest absolute Gasteiger partial charge is 2.00 e. The Morgan fingerprint density at radius 2 is 2.15 bits per heavy atom. The van der Waals surface area contributed by atoms with Gasteiger partial charge in [0.05, 0.1) is 5.56 Å². The SMILES string of the molecule is CC(=O)c1ccc(S)c(C#N)c1.[Zn+2]. The molecule has 0 unspecified atom stereocenters. The molecule has 0 aliphatic carbocycles. The van der Waals surface area contributed by atoms with Crippen LogP contribution in [0.3, 0.4) is 0 Å². The van der Waals surface area contributed by atoms with Crippen molar-refractivity contribution in [2.75, 3.05) is 0 Å². The second kappa shape index (κ2) is 5.16. The van der Waals surface area contributed by atoms with Gasteiger partial charge >= 0.3 is 19.5 Å². The summed E-state index contributed by atoms with van der Waals surface area (Å²) < 4.78 is 0. The summed E-state index contributed by atoms with van der Waals surface area (Å²) in [6.45, 7) is 1.47. The van der Waals surface area contributed by atoms with Crippen molar-refractivity contribution in [1.29, 1.82) is 5.26 Å². The van der Waals surface area contributed by atoms with Crippen LogP contribution in [0.1, 0.15) is 22.8 Å². The molecule has 0 saturated carbocycles. The Hall–Kier alpha value is -0.647. The predicted molar refractivity (Wildman–Crippen MR) is 48.4 cm³/mol. The van der Waals surface area contributed by atoms with Crippen molar-refractivity contribution >= 4 is 18.4 Å². The fraction of sp³-hybridized carbons (Fsp3) is 0.111. The van der Waals surface area contributed by atoms with Crippen molar-refractivity contribution in [2.24, 2.45) is 0 Å². The Bertz CT molecular complexity index is 370. The Kier molecular flexibility index (Phi) is 4.91. The number of rotatable bonds is 1. The topological polar surface area (TPSA) is 40.9 Å². The number of hydrogen-bond donors (Lipinski definition) is 1. The number of carbonyl (C=O) groups is 1. The Morgan fingerprint density at radius 3 is 2.62 bits per heavy atom. The number of thiol groups is 1. The van der Waals surface area contributed by atoms with Crippen LogP contribution in [0, 0.1) is 11.3 Å². The van der Waals surface area contributed by atoms with Crippen LogP contribution in [0.15, 0.2) is 23.1 Å². The van der Waals surface area contributed by atoms with E-state index in [0.29, 0.717) is 16.0 Å². The zero-order valence-corrected chi connectivity index (χ0v) is 11.1. The normalized spacial score (nSPS) is 8.38. The van der Waals surface area contributed by atoms with Crippen LogP contribution in [0.4, 0.5) is 0 Å². The van der Waals surface area contributed by atoms with Gasteiger partial charge in [0.15, 0.2) is 5.78 Å². The molecule has 0 aliphatic heterocycles. The van der Waals surface area contributed by atoms with Gasteiger partial charge in [-0.25, -0.2) is 0 Å². The number of nitriles is 1. The molecule has 0 N–H and O–H groups in total. The van der Waals surface area contributed by atoms with E-state index < -0.39 is 0 Å². The zero-order chi connectivity index (χ0) is 9.14. The minimum absolute atomic E-state index is 0. The standard InChI is InChI=1S/C9H7NOS.Zn/c1-6(11)7-2-3-9(12)8(4-7)5-10;/h2-4,12H,1H3;/q;+2. The van der Waals surface area contributed by atoms with Crippen LogP contribution in [0.25, 0.3) is 0 Å². The smallest absolute Gasteiger partial charge is 0.295 e. The molecule has 2 nitrogen and oxygen atoms in total. The van der Waals surface area contributed by atoms with Crippen molar-refractivity contribution in [3.63, 3.8) is 0 Å². The second-order valence-corrected chi connectivity index (χ2v) is 2.88. The molecular weight excluding hydrogens is 236 g/mol. The van der Waals surface area contributed by atoms with Crippen molar-refractivity contribution in [3.8, 4) is 6.07 Å². The molecule has 13 heavy (non-hydrogen) atoms. The first kappa shape index (κ1) is 12.4. The van der Waals surface area contributed by atoms with E-state index in [0.717, 1.165) is 0 Å². The molecule has 4 heteroatoms. The van der Waals surface area contributed by atoms with Crippen LogP contribution in [0.5, 0.6) is 0 Å². The Morgan fingerprint density at radius 1 is 1.54 bits per heavy atom. The van der Waals surface area contributed by atoms with Gasteiger partial charge in [-0.2, -0.15) is 5.26 Å². The van der Waals surface area contributed by atoms with Gasteiger partial charge in [0.25, 0.3) is 0 Å². The Balaban J connectivity index is 0.00000144. The van der Waals surface area contributed by atoms with Crippen molar-refractivity contribution in [1.82, 2.24) is 0 Å². The minimum Gasteiger partial charge on any atom is -0.295 e. The second-order valence-electron chi connectivity index (χ2n) is 2.40. The van der Waals surface area contributed by atoms with Gasteiger partial charge in [-0.05, 0) is 19.1 Å². The molecule has 0 bridgehead atoms. The van der Waals surface area contributed by atoms with Crippen LogP contribution in [-0.4, -0.2) is 5.78 Å². The van der Waals surface area contributed by atoms with E-state index in [1.54, 1.807) is 18.2 Å². The van der Waals surface area contributed by atoms with E-state index in [2.05, 4.69) is 12.6 Å². The third-order valence-electron chi connectivity index (χ3n) is 1.52. The molecule has 0 heterocycles. The molecular formula is C9H7NOSZn+2. The van der Waals surface area contributed by atoms with Crippen LogP contribution < -0.4 is 0 Å². The van der Waals surface area contributed by atoms with Gasteiger partial charge < -0.3 is 0 Å². The Labute approximate surface area is 95.1 Å². The van der Waals surface area contributed by atoms with Crippen molar-refractivity contribution in [2.45, 2.75) is 11.8 Å². The van der Waals surface area contributed by atoms with E-state index in [-0.39, 0.29) is 25.3 Å². The van der Waals surface area contributed by atoms with Crippen molar-refractivity contribution < 1.29 is 24.3 Å². The van der Waals surface area contributed by atoms with E-state index in [1.807, 2.05) is 6.07 Å². The number of carbonyl (C=O) groups excluding carboxylic acids is 1. The van der Waals surface area contributed by atoms with Gasteiger partial charge in [0, 0.05) is 10.5 Å². The maximum absolute atomic E-state index is 10.9. The number of nitrogens with zero attached hydrogens (tertiary/aromatic N) is 1. The summed E-state index contributed by atoms with van der Waals surface area (Å²) in [6.07, 6.45) is 0. The van der Waals surface area contributed by atoms with E-state index in [1.165, 1.54) is 6.92 Å². The molecule has 1 aromatic carbocycles. The molecule has 0 aliphatic rings. The average Bonchev–Trinajstić information content (AvgIpc) is 2.05. The molecule has 0 atom stereocenters. The third-order valence-corrected chi connectivity index (χ3v) is 1.91. The average molecular weight is 243 g/mol. The van der Waals surface area contributed by atoms with E-state index >= 15 is 0 Å². The van der Waals surface area contributed by atoms with E-state index in [9.17, 15) is 4.79 Å². The fourth-order valence-corrected chi connectivity index (χ4v) is 1.03. The summed E-state index contributed by atoms with van der Waals surface area (Å²) in [5.74, 6) is -0.0418. The summed E-state index contributed by atoms with van der Waals surface area (Å²) in [5, 5.41) is 8.61. The number of ketones is 1. The molecule has 0 radical (unpaired) electrons. The molecule has 0 aromatic heterocycles. The third kappa shape index (κ3) is 2.95. The summed E-state index contributed by atoms with van der Waals surface area (Å²) >= 11 is 4.06. The van der Waals surface area contributed by atoms with Crippen LogP contribution >= 0.6 is 12.6 Å². The maximum atomic E-state index is 10.9. The minimum atomic E-state index is -0.0418. The summed E-state index contributed by atoms with van der Waals surface area (Å²) in [6, 6.07) is 6.82. The zero-order valence-electron chi connectivity index (χ0n) is 7.24.